The van der Waals surface area contributed by atoms with Gasteiger partial charge in [-0.1, -0.05) is 24.6 Å². The van der Waals surface area contributed by atoms with E-state index in [1.54, 1.807) is 11.3 Å². The van der Waals surface area contributed by atoms with Crippen molar-refractivity contribution in [3.8, 4) is 0 Å². The molecule has 4 rings (SSSR count). The molecule has 0 bridgehead atoms. The first-order valence-electron chi connectivity index (χ1n) is 10.1. The first-order chi connectivity index (χ1) is 13.7. The summed E-state index contributed by atoms with van der Waals surface area (Å²) in [4.78, 5) is 26.6. The molecule has 0 spiro atoms. The molecule has 158 valence electrons. The molecule has 1 saturated carbocycles. The number of aromatic nitrogens is 2. The highest BCUT2D eigenvalue weighted by Crippen LogP contribution is 2.36. The first kappa shape index (κ1) is 21.1. The van der Waals surface area contributed by atoms with Crippen molar-refractivity contribution in [1.29, 1.82) is 0 Å². The van der Waals surface area contributed by atoms with Gasteiger partial charge in [0, 0.05) is 22.3 Å². The third-order valence-electron chi connectivity index (χ3n) is 6.05. The molecule has 2 aromatic heterocycles. The van der Waals surface area contributed by atoms with Gasteiger partial charge in [0.15, 0.2) is 9.84 Å². The van der Waals surface area contributed by atoms with Crippen molar-refractivity contribution in [3.63, 3.8) is 0 Å². The maximum atomic E-state index is 13.3. The van der Waals surface area contributed by atoms with E-state index in [9.17, 15) is 13.2 Å². The predicted octanol–water partition coefficient (Wildman–Crippen LogP) is 3.67. The number of amides is 1. The highest BCUT2D eigenvalue weighted by Gasteiger charge is 2.39. The summed E-state index contributed by atoms with van der Waals surface area (Å²) in [7, 11) is -3.03. The fourth-order valence-corrected chi connectivity index (χ4v) is 8.36. The lowest BCUT2D eigenvalue weighted by molar-refractivity contribution is -0.132. The van der Waals surface area contributed by atoms with Crippen molar-refractivity contribution in [2.75, 3.05) is 17.3 Å². The van der Waals surface area contributed by atoms with E-state index in [0.717, 1.165) is 40.9 Å². The fourth-order valence-electron chi connectivity index (χ4n) is 4.51. The summed E-state index contributed by atoms with van der Waals surface area (Å²) in [5.41, 5.74) is 1.18. The van der Waals surface area contributed by atoms with Crippen LogP contribution in [0.5, 0.6) is 0 Å². The SMILES string of the molecule is Cc1nc(SCC(=O)N(C2CCCC2)[C@H]2CCS(=O)(=O)C2)c2c(C)c(C)sc2n1. The Hall–Kier alpha value is -1.19. The van der Waals surface area contributed by atoms with Gasteiger partial charge in [0.25, 0.3) is 0 Å². The molecule has 9 heteroatoms. The number of rotatable bonds is 5. The van der Waals surface area contributed by atoms with E-state index in [1.165, 1.54) is 22.2 Å². The maximum absolute atomic E-state index is 13.3. The minimum Gasteiger partial charge on any atom is -0.335 e. The van der Waals surface area contributed by atoms with Crippen molar-refractivity contribution in [2.45, 2.75) is 70.0 Å². The third kappa shape index (κ3) is 4.32. The zero-order valence-electron chi connectivity index (χ0n) is 17.1. The summed E-state index contributed by atoms with van der Waals surface area (Å²) < 4.78 is 24.1. The molecule has 0 N–H and O–H groups in total. The van der Waals surface area contributed by atoms with Crippen molar-refractivity contribution < 1.29 is 13.2 Å². The Morgan fingerprint density at radius 2 is 1.86 bits per heavy atom. The van der Waals surface area contributed by atoms with Gasteiger partial charge in [-0.3, -0.25) is 4.79 Å². The summed E-state index contributed by atoms with van der Waals surface area (Å²) in [5, 5.41) is 1.90. The molecule has 2 aliphatic rings. The minimum atomic E-state index is -3.03. The number of aryl methyl sites for hydroxylation is 3. The van der Waals surface area contributed by atoms with Crippen LogP contribution < -0.4 is 0 Å². The van der Waals surface area contributed by atoms with E-state index in [1.807, 2.05) is 11.8 Å². The summed E-state index contributed by atoms with van der Waals surface area (Å²) in [5.74, 6) is 1.34. The molecule has 1 atom stereocenters. The molecule has 1 aliphatic heterocycles. The second-order valence-electron chi connectivity index (χ2n) is 8.12. The van der Waals surface area contributed by atoms with Crippen molar-refractivity contribution in [1.82, 2.24) is 14.9 Å². The second kappa shape index (κ2) is 8.15. The molecule has 2 aromatic rings. The van der Waals surface area contributed by atoms with E-state index in [0.29, 0.717) is 12.2 Å². The standard InChI is InChI=1S/C20H27N3O3S3/c1-12-13(2)28-20-18(12)19(21-14(3)22-20)27-10-17(24)23(15-6-4-5-7-15)16-8-9-29(25,26)11-16/h15-16H,4-11H2,1-3H3/t16-/m0/s1. The molecule has 3 heterocycles. The van der Waals surface area contributed by atoms with Crippen molar-refractivity contribution in [3.05, 3.63) is 16.3 Å². The number of fused-ring (bicyclic) bond motifs is 1. The van der Waals surface area contributed by atoms with Gasteiger partial charge < -0.3 is 4.90 Å². The van der Waals surface area contributed by atoms with Crippen LogP contribution in [0.2, 0.25) is 0 Å². The number of hydrogen-bond acceptors (Lipinski definition) is 7. The number of nitrogens with zero attached hydrogens (tertiary/aromatic N) is 3. The number of sulfone groups is 1. The molecule has 0 unspecified atom stereocenters. The lowest BCUT2D eigenvalue weighted by atomic mass is 10.1. The summed E-state index contributed by atoms with van der Waals surface area (Å²) in [6.07, 6.45) is 4.74. The monoisotopic (exact) mass is 453 g/mol. The summed E-state index contributed by atoms with van der Waals surface area (Å²) in [6.45, 7) is 6.04. The number of carbonyl (C=O) groups excluding carboxylic acids is 1. The van der Waals surface area contributed by atoms with E-state index < -0.39 is 9.84 Å². The lowest BCUT2D eigenvalue weighted by Crippen LogP contribution is -2.47. The quantitative estimate of drug-likeness (QED) is 0.508. The third-order valence-corrected chi connectivity index (χ3v) is 9.86. The predicted molar refractivity (Wildman–Crippen MR) is 119 cm³/mol. The Morgan fingerprint density at radius 1 is 1.14 bits per heavy atom. The maximum Gasteiger partial charge on any atom is 0.233 e. The minimum absolute atomic E-state index is 0.0398. The average Bonchev–Trinajstić information content (AvgIpc) is 3.35. The Labute approximate surface area is 180 Å². The van der Waals surface area contributed by atoms with Crippen LogP contribution in [0.15, 0.2) is 5.03 Å². The van der Waals surface area contributed by atoms with Gasteiger partial charge in [-0.2, -0.15) is 0 Å². The zero-order chi connectivity index (χ0) is 20.8. The number of carbonyl (C=O) groups is 1. The van der Waals surface area contributed by atoms with Crippen LogP contribution in [0, 0.1) is 20.8 Å². The molecule has 1 amide bonds. The van der Waals surface area contributed by atoms with Gasteiger partial charge in [0.1, 0.15) is 15.7 Å². The Kier molecular flexibility index (Phi) is 5.92. The first-order valence-corrected chi connectivity index (χ1v) is 13.8. The van der Waals surface area contributed by atoms with E-state index in [4.69, 9.17) is 0 Å². The van der Waals surface area contributed by atoms with Gasteiger partial charge in [0.05, 0.1) is 17.3 Å². The molecule has 29 heavy (non-hydrogen) atoms. The average molecular weight is 454 g/mol. The van der Waals surface area contributed by atoms with E-state index in [2.05, 4.69) is 23.8 Å². The lowest BCUT2D eigenvalue weighted by Gasteiger charge is -2.34. The van der Waals surface area contributed by atoms with Crippen molar-refractivity contribution >= 4 is 49.1 Å². The van der Waals surface area contributed by atoms with Crippen LogP contribution in [0.1, 0.15) is 48.4 Å². The molecule has 2 fully saturated rings. The number of thiophene rings is 1. The molecule has 0 radical (unpaired) electrons. The number of thioether (sulfide) groups is 1. The molecular formula is C20H27N3O3S3. The van der Waals surface area contributed by atoms with Crippen LogP contribution in [0.25, 0.3) is 10.2 Å². The zero-order valence-corrected chi connectivity index (χ0v) is 19.6. The molecule has 1 saturated heterocycles. The van der Waals surface area contributed by atoms with Gasteiger partial charge >= 0.3 is 0 Å². The number of hydrogen-bond donors (Lipinski definition) is 0. The fraction of sp³-hybridized carbons (Fsp3) is 0.650. The Bertz CT molecular complexity index is 1040. The highest BCUT2D eigenvalue weighted by atomic mass is 32.2. The second-order valence-corrected chi connectivity index (χ2v) is 12.5. The highest BCUT2D eigenvalue weighted by molar-refractivity contribution is 8.00. The van der Waals surface area contributed by atoms with Gasteiger partial charge in [0.2, 0.25) is 5.91 Å². The summed E-state index contributed by atoms with van der Waals surface area (Å²) in [6, 6.07) is 0.00663. The molecule has 6 nitrogen and oxygen atoms in total. The molecule has 1 aliphatic carbocycles. The van der Waals surface area contributed by atoms with Crippen LogP contribution in [0.3, 0.4) is 0 Å². The van der Waals surface area contributed by atoms with E-state index in [-0.39, 0.29) is 35.2 Å². The van der Waals surface area contributed by atoms with Crippen LogP contribution >= 0.6 is 23.1 Å². The van der Waals surface area contributed by atoms with Crippen molar-refractivity contribution in [2.24, 2.45) is 0 Å². The van der Waals surface area contributed by atoms with Gasteiger partial charge in [-0.15, -0.1) is 11.3 Å². The largest absolute Gasteiger partial charge is 0.335 e. The normalized spacial score (nSPS) is 21.8. The van der Waals surface area contributed by atoms with Crippen LogP contribution in [-0.2, 0) is 14.6 Å². The van der Waals surface area contributed by atoms with Gasteiger partial charge in [-0.05, 0) is 45.6 Å². The van der Waals surface area contributed by atoms with Crippen LogP contribution in [-0.4, -0.2) is 58.5 Å². The molecule has 0 aromatic carbocycles. The summed E-state index contributed by atoms with van der Waals surface area (Å²) >= 11 is 3.12. The Balaban J connectivity index is 1.56. The molecular weight excluding hydrogens is 426 g/mol. The smallest absolute Gasteiger partial charge is 0.233 e. The topological polar surface area (TPSA) is 80.2 Å². The Morgan fingerprint density at radius 3 is 2.52 bits per heavy atom. The van der Waals surface area contributed by atoms with E-state index >= 15 is 0 Å². The van der Waals surface area contributed by atoms with Crippen LogP contribution in [0.4, 0.5) is 0 Å². The van der Waals surface area contributed by atoms with Gasteiger partial charge in [-0.25, -0.2) is 18.4 Å².